The lowest BCUT2D eigenvalue weighted by molar-refractivity contribution is -0.152. The normalized spacial score (nSPS) is 11.4. The lowest BCUT2D eigenvalue weighted by atomic mass is 10.1. The van der Waals surface area contributed by atoms with Gasteiger partial charge in [0.05, 0.1) is 6.54 Å². The third-order valence-corrected chi connectivity index (χ3v) is 5.42. The summed E-state index contributed by atoms with van der Waals surface area (Å²) >= 11 is 0. The molecular formula is C25H29N3O6. The van der Waals surface area contributed by atoms with Crippen LogP contribution in [0.4, 0.5) is 0 Å². The summed E-state index contributed by atoms with van der Waals surface area (Å²) in [5.74, 6) is -1.26. The van der Waals surface area contributed by atoms with Crippen LogP contribution in [0.25, 0.3) is 0 Å². The first-order valence-electron chi connectivity index (χ1n) is 11.0. The van der Waals surface area contributed by atoms with Crippen LogP contribution < -0.4 is 10.4 Å². The average molecular weight is 468 g/mol. The number of carboxylic acid groups (broad SMARTS) is 2. The molecule has 0 bridgehead atoms. The molecule has 0 fully saturated rings. The molecular weight excluding hydrogens is 438 g/mol. The van der Waals surface area contributed by atoms with E-state index in [1.165, 1.54) is 23.1 Å². The third kappa shape index (κ3) is 6.34. The number of aryl methyl sites for hydroxylation is 3. The number of aliphatic carboxylic acids is 2. The molecule has 0 aliphatic rings. The fourth-order valence-corrected chi connectivity index (χ4v) is 3.45. The quantitative estimate of drug-likeness (QED) is 0.444. The highest BCUT2D eigenvalue weighted by atomic mass is 16.5. The summed E-state index contributed by atoms with van der Waals surface area (Å²) in [6, 6.07) is 14.9. The SMILES string of the molecule is Cc1ccc(Cn2nc(CCCc3ccc(OC(C)(C)C(=O)O)cc3)n(CC(=O)O)c2=O)cc1. The number of carboxylic acids is 2. The predicted molar refractivity (Wildman–Crippen MR) is 125 cm³/mol. The smallest absolute Gasteiger partial charge is 0.347 e. The molecule has 0 amide bonds. The lowest BCUT2D eigenvalue weighted by Gasteiger charge is -2.21. The van der Waals surface area contributed by atoms with Crippen molar-refractivity contribution in [1.29, 1.82) is 0 Å². The van der Waals surface area contributed by atoms with Crippen molar-refractivity contribution < 1.29 is 24.5 Å². The number of ether oxygens (including phenoxy) is 1. The van der Waals surface area contributed by atoms with E-state index in [9.17, 15) is 24.6 Å². The third-order valence-electron chi connectivity index (χ3n) is 5.42. The first-order chi connectivity index (χ1) is 16.0. The number of hydrogen-bond donors (Lipinski definition) is 2. The van der Waals surface area contributed by atoms with Crippen molar-refractivity contribution in [2.75, 3.05) is 0 Å². The number of aromatic nitrogens is 3. The van der Waals surface area contributed by atoms with Crippen LogP contribution in [0.1, 0.15) is 42.8 Å². The molecule has 3 aromatic rings. The van der Waals surface area contributed by atoms with Crippen LogP contribution in [0.5, 0.6) is 5.75 Å². The van der Waals surface area contributed by atoms with E-state index in [-0.39, 0.29) is 6.54 Å². The second-order valence-electron chi connectivity index (χ2n) is 8.74. The summed E-state index contributed by atoms with van der Waals surface area (Å²) in [5.41, 5.74) is 1.26. The fourth-order valence-electron chi connectivity index (χ4n) is 3.45. The number of nitrogens with zero attached hydrogens (tertiary/aromatic N) is 3. The second-order valence-corrected chi connectivity index (χ2v) is 8.74. The van der Waals surface area contributed by atoms with Crippen LogP contribution in [0.2, 0.25) is 0 Å². The van der Waals surface area contributed by atoms with Crippen LogP contribution in [-0.4, -0.2) is 42.1 Å². The highest BCUT2D eigenvalue weighted by Gasteiger charge is 2.29. The Hall–Kier alpha value is -3.88. The zero-order valence-electron chi connectivity index (χ0n) is 19.5. The van der Waals surface area contributed by atoms with E-state index in [4.69, 9.17) is 4.74 Å². The average Bonchev–Trinajstić information content (AvgIpc) is 3.05. The number of carbonyl (C=O) groups is 2. The zero-order valence-corrected chi connectivity index (χ0v) is 19.5. The Morgan fingerprint density at radius 3 is 2.18 bits per heavy atom. The second kappa shape index (κ2) is 10.4. The van der Waals surface area contributed by atoms with Crippen molar-refractivity contribution in [3.8, 4) is 5.75 Å². The van der Waals surface area contributed by atoms with E-state index < -0.39 is 29.8 Å². The number of benzene rings is 2. The van der Waals surface area contributed by atoms with Gasteiger partial charge in [0.1, 0.15) is 18.1 Å². The van der Waals surface area contributed by atoms with Crippen molar-refractivity contribution in [2.45, 2.75) is 58.7 Å². The van der Waals surface area contributed by atoms with Crippen LogP contribution in [0, 0.1) is 6.92 Å². The Bertz CT molecular complexity index is 1210. The largest absolute Gasteiger partial charge is 0.480 e. The molecule has 0 aliphatic carbocycles. The van der Waals surface area contributed by atoms with Gasteiger partial charge >= 0.3 is 17.6 Å². The van der Waals surface area contributed by atoms with Gasteiger partial charge in [-0.1, -0.05) is 42.0 Å². The van der Waals surface area contributed by atoms with Gasteiger partial charge in [0.25, 0.3) is 0 Å². The minimum atomic E-state index is -1.33. The van der Waals surface area contributed by atoms with Gasteiger partial charge in [-0.25, -0.2) is 14.3 Å². The molecule has 0 spiro atoms. The van der Waals surface area contributed by atoms with Gasteiger partial charge in [-0.05, 0) is 56.9 Å². The molecule has 0 saturated heterocycles. The Morgan fingerprint density at radius 1 is 0.971 bits per heavy atom. The van der Waals surface area contributed by atoms with Crippen LogP contribution >= 0.6 is 0 Å². The summed E-state index contributed by atoms with van der Waals surface area (Å²) in [4.78, 5) is 35.3. The van der Waals surface area contributed by atoms with Crippen molar-refractivity contribution in [2.24, 2.45) is 0 Å². The maximum absolute atomic E-state index is 12.8. The van der Waals surface area contributed by atoms with Crippen molar-refractivity contribution in [3.05, 3.63) is 81.5 Å². The van der Waals surface area contributed by atoms with E-state index in [0.29, 0.717) is 30.8 Å². The number of rotatable bonds is 11. The van der Waals surface area contributed by atoms with Gasteiger partial charge in [0.15, 0.2) is 5.60 Å². The monoisotopic (exact) mass is 467 g/mol. The molecule has 9 nitrogen and oxygen atoms in total. The number of hydrogen-bond acceptors (Lipinski definition) is 5. The fraction of sp³-hybridized carbons (Fsp3) is 0.360. The van der Waals surface area contributed by atoms with E-state index >= 15 is 0 Å². The molecule has 0 saturated carbocycles. The van der Waals surface area contributed by atoms with Gasteiger partial charge in [-0.3, -0.25) is 9.36 Å². The molecule has 34 heavy (non-hydrogen) atoms. The molecule has 2 aromatic carbocycles. The summed E-state index contributed by atoms with van der Waals surface area (Å²) in [5, 5.41) is 22.8. The summed E-state index contributed by atoms with van der Waals surface area (Å²) in [6.07, 6.45) is 1.77. The summed E-state index contributed by atoms with van der Waals surface area (Å²) in [7, 11) is 0. The molecule has 3 rings (SSSR count). The molecule has 2 N–H and O–H groups in total. The Labute approximate surface area is 197 Å². The minimum absolute atomic E-state index is 0.271. The van der Waals surface area contributed by atoms with E-state index in [2.05, 4.69) is 5.10 Å². The van der Waals surface area contributed by atoms with Crippen LogP contribution in [-0.2, 0) is 35.5 Å². The Morgan fingerprint density at radius 2 is 1.59 bits per heavy atom. The summed E-state index contributed by atoms with van der Waals surface area (Å²) in [6.45, 7) is 4.78. The summed E-state index contributed by atoms with van der Waals surface area (Å²) < 4.78 is 8.02. The van der Waals surface area contributed by atoms with Crippen molar-refractivity contribution >= 4 is 11.9 Å². The molecule has 0 radical (unpaired) electrons. The van der Waals surface area contributed by atoms with Gasteiger partial charge in [-0.15, -0.1) is 0 Å². The zero-order chi connectivity index (χ0) is 24.9. The molecule has 1 heterocycles. The molecule has 1 aromatic heterocycles. The van der Waals surface area contributed by atoms with E-state index in [1.54, 1.807) is 12.1 Å². The highest BCUT2D eigenvalue weighted by Crippen LogP contribution is 2.20. The van der Waals surface area contributed by atoms with Crippen LogP contribution in [0.15, 0.2) is 53.3 Å². The minimum Gasteiger partial charge on any atom is -0.480 e. The van der Waals surface area contributed by atoms with Gasteiger partial charge < -0.3 is 14.9 Å². The molecule has 0 aliphatic heterocycles. The maximum Gasteiger partial charge on any atom is 0.347 e. The van der Waals surface area contributed by atoms with Crippen LogP contribution in [0.3, 0.4) is 0 Å². The first kappa shape index (κ1) is 24.8. The Balaban J connectivity index is 1.67. The first-order valence-corrected chi connectivity index (χ1v) is 11.0. The molecule has 0 unspecified atom stereocenters. The molecule has 9 heteroatoms. The van der Waals surface area contributed by atoms with Gasteiger partial charge in [0, 0.05) is 6.42 Å². The van der Waals surface area contributed by atoms with Gasteiger partial charge in [-0.2, -0.15) is 5.10 Å². The van der Waals surface area contributed by atoms with Crippen molar-refractivity contribution in [3.63, 3.8) is 0 Å². The standard InChI is InChI=1S/C25H29N3O6/c1-17-7-9-19(10-8-17)15-28-24(33)27(16-22(29)30)21(26-28)6-4-5-18-11-13-20(14-12-18)34-25(2,3)23(31)32/h7-14H,4-6,15-16H2,1-3H3,(H,29,30)(H,31,32). The molecule has 0 atom stereocenters. The van der Waals surface area contributed by atoms with Crippen molar-refractivity contribution in [1.82, 2.24) is 14.3 Å². The van der Waals surface area contributed by atoms with E-state index in [0.717, 1.165) is 16.7 Å². The van der Waals surface area contributed by atoms with E-state index in [1.807, 2.05) is 43.3 Å². The highest BCUT2D eigenvalue weighted by molar-refractivity contribution is 5.76. The predicted octanol–water partition coefficient (Wildman–Crippen LogP) is 2.90. The Kier molecular flexibility index (Phi) is 7.55. The molecule has 180 valence electrons. The topological polar surface area (TPSA) is 124 Å². The maximum atomic E-state index is 12.8. The lowest BCUT2D eigenvalue weighted by Crippen LogP contribution is -2.37. The van der Waals surface area contributed by atoms with Gasteiger partial charge in [0.2, 0.25) is 0 Å².